The van der Waals surface area contributed by atoms with Gasteiger partial charge in [-0.3, -0.25) is 0 Å². The average Bonchev–Trinajstić information content (AvgIpc) is 2.80. The van der Waals surface area contributed by atoms with E-state index in [1.54, 1.807) is 6.07 Å². The fourth-order valence-corrected chi connectivity index (χ4v) is 4.43. The number of benzene rings is 1. The second kappa shape index (κ2) is 6.22. The summed E-state index contributed by atoms with van der Waals surface area (Å²) in [7, 11) is -2.97. The van der Waals surface area contributed by atoms with Crippen molar-refractivity contribution in [1.82, 2.24) is 5.32 Å². The number of sulfone groups is 1. The van der Waals surface area contributed by atoms with Gasteiger partial charge in [-0.1, -0.05) is 12.5 Å². The SMILES string of the molecule is Cc1cc(F)ccc1CCNC1CCCC1S(C)(=O)=O. The van der Waals surface area contributed by atoms with Crippen LogP contribution in [0.3, 0.4) is 0 Å². The molecule has 2 rings (SSSR count). The molecule has 0 radical (unpaired) electrons. The Bertz CT molecular complexity index is 571. The number of hydrogen-bond acceptors (Lipinski definition) is 3. The number of aryl methyl sites for hydroxylation is 1. The van der Waals surface area contributed by atoms with E-state index in [0.29, 0.717) is 0 Å². The van der Waals surface area contributed by atoms with Crippen molar-refractivity contribution in [1.29, 1.82) is 0 Å². The van der Waals surface area contributed by atoms with Gasteiger partial charge < -0.3 is 5.32 Å². The third-order valence-electron chi connectivity index (χ3n) is 4.11. The summed E-state index contributed by atoms with van der Waals surface area (Å²) in [5.41, 5.74) is 2.05. The van der Waals surface area contributed by atoms with Gasteiger partial charge in [-0.05, 0) is 56.0 Å². The third kappa shape index (κ3) is 3.79. The van der Waals surface area contributed by atoms with Gasteiger partial charge in [0.1, 0.15) is 5.82 Å². The second-order valence-electron chi connectivity index (χ2n) is 5.68. The first-order chi connectivity index (χ1) is 9.38. The van der Waals surface area contributed by atoms with Crippen molar-refractivity contribution < 1.29 is 12.8 Å². The van der Waals surface area contributed by atoms with Crippen molar-refractivity contribution in [2.45, 2.75) is 43.9 Å². The van der Waals surface area contributed by atoms with Gasteiger partial charge in [0.25, 0.3) is 0 Å². The zero-order valence-electron chi connectivity index (χ0n) is 12.0. The zero-order valence-corrected chi connectivity index (χ0v) is 12.8. The molecule has 0 saturated heterocycles. The van der Waals surface area contributed by atoms with Crippen LogP contribution in [0.2, 0.25) is 0 Å². The van der Waals surface area contributed by atoms with E-state index in [0.717, 1.165) is 43.4 Å². The molecule has 0 spiro atoms. The summed E-state index contributed by atoms with van der Waals surface area (Å²) in [6, 6.07) is 4.86. The molecule has 0 heterocycles. The summed E-state index contributed by atoms with van der Waals surface area (Å²) in [5, 5.41) is 3.10. The molecule has 0 aliphatic heterocycles. The standard InChI is InChI=1S/C15H22FNO2S/c1-11-10-13(16)7-6-12(11)8-9-17-14-4-3-5-15(14)20(2,18)19/h6-7,10,14-15,17H,3-5,8-9H2,1-2H3. The van der Waals surface area contributed by atoms with E-state index in [-0.39, 0.29) is 17.1 Å². The van der Waals surface area contributed by atoms with Gasteiger partial charge in [-0.2, -0.15) is 0 Å². The van der Waals surface area contributed by atoms with Crippen LogP contribution in [0, 0.1) is 12.7 Å². The highest BCUT2D eigenvalue weighted by Gasteiger charge is 2.34. The summed E-state index contributed by atoms with van der Waals surface area (Å²) >= 11 is 0. The first-order valence-corrected chi connectivity index (χ1v) is 9.00. The Morgan fingerprint density at radius 2 is 2.10 bits per heavy atom. The van der Waals surface area contributed by atoms with Gasteiger partial charge in [-0.15, -0.1) is 0 Å². The fraction of sp³-hybridized carbons (Fsp3) is 0.600. The summed E-state index contributed by atoms with van der Waals surface area (Å²) in [4.78, 5) is 0. The predicted molar refractivity (Wildman–Crippen MR) is 79.1 cm³/mol. The molecular formula is C15H22FNO2S. The lowest BCUT2D eigenvalue weighted by atomic mass is 10.1. The topological polar surface area (TPSA) is 46.2 Å². The molecule has 1 fully saturated rings. The summed E-state index contributed by atoms with van der Waals surface area (Å²) < 4.78 is 36.4. The lowest BCUT2D eigenvalue weighted by Gasteiger charge is -2.19. The fourth-order valence-electron chi connectivity index (χ4n) is 3.00. The summed E-state index contributed by atoms with van der Waals surface area (Å²) in [5.74, 6) is -0.216. The van der Waals surface area contributed by atoms with Crippen molar-refractivity contribution in [3.05, 3.63) is 35.1 Å². The molecular weight excluding hydrogens is 277 g/mol. The van der Waals surface area contributed by atoms with Gasteiger partial charge >= 0.3 is 0 Å². The van der Waals surface area contributed by atoms with E-state index in [1.807, 2.05) is 6.92 Å². The number of hydrogen-bond donors (Lipinski definition) is 1. The van der Waals surface area contributed by atoms with Crippen molar-refractivity contribution >= 4 is 9.84 Å². The van der Waals surface area contributed by atoms with Crippen LogP contribution in [0.4, 0.5) is 4.39 Å². The van der Waals surface area contributed by atoms with E-state index >= 15 is 0 Å². The third-order valence-corrected chi connectivity index (χ3v) is 5.77. The predicted octanol–water partition coefficient (Wildman–Crippen LogP) is 2.23. The lowest BCUT2D eigenvalue weighted by Crippen LogP contribution is -2.40. The van der Waals surface area contributed by atoms with E-state index in [4.69, 9.17) is 0 Å². The average molecular weight is 299 g/mol. The highest BCUT2D eigenvalue weighted by Crippen LogP contribution is 2.25. The smallest absolute Gasteiger partial charge is 0.151 e. The van der Waals surface area contributed by atoms with Crippen molar-refractivity contribution in [2.24, 2.45) is 0 Å². The van der Waals surface area contributed by atoms with Crippen LogP contribution in [-0.4, -0.2) is 32.5 Å². The Balaban J connectivity index is 1.89. The minimum Gasteiger partial charge on any atom is -0.312 e. The first kappa shape index (κ1) is 15.4. The van der Waals surface area contributed by atoms with Crippen LogP contribution < -0.4 is 5.32 Å². The van der Waals surface area contributed by atoms with Gasteiger partial charge in [0.2, 0.25) is 0 Å². The molecule has 0 amide bonds. The zero-order chi connectivity index (χ0) is 14.8. The molecule has 0 aromatic heterocycles. The monoisotopic (exact) mass is 299 g/mol. The highest BCUT2D eigenvalue weighted by molar-refractivity contribution is 7.91. The van der Waals surface area contributed by atoms with E-state index in [9.17, 15) is 12.8 Å². The highest BCUT2D eigenvalue weighted by atomic mass is 32.2. The van der Waals surface area contributed by atoms with E-state index in [1.165, 1.54) is 18.4 Å². The van der Waals surface area contributed by atoms with Crippen molar-refractivity contribution in [3.8, 4) is 0 Å². The van der Waals surface area contributed by atoms with Crippen LogP contribution >= 0.6 is 0 Å². The van der Waals surface area contributed by atoms with Crippen molar-refractivity contribution in [3.63, 3.8) is 0 Å². The molecule has 1 N–H and O–H groups in total. The van der Waals surface area contributed by atoms with Gasteiger partial charge in [0.15, 0.2) is 9.84 Å². The number of halogens is 1. The molecule has 0 bridgehead atoms. The van der Waals surface area contributed by atoms with Crippen LogP contribution in [0.25, 0.3) is 0 Å². The number of rotatable bonds is 5. The molecule has 3 nitrogen and oxygen atoms in total. The molecule has 1 aromatic rings. The molecule has 1 saturated carbocycles. The maximum Gasteiger partial charge on any atom is 0.151 e. The van der Waals surface area contributed by atoms with Crippen LogP contribution in [0.5, 0.6) is 0 Å². The van der Waals surface area contributed by atoms with Gasteiger partial charge in [0, 0.05) is 12.3 Å². The van der Waals surface area contributed by atoms with Gasteiger partial charge in [-0.25, -0.2) is 12.8 Å². The first-order valence-electron chi connectivity index (χ1n) is 7.05. The largest absolute Gasteiger partial charge is 0.312 e. The summed E-state index contributed by atoms with van der Waals surface area (Å²) in [6.07, 6.45) is 4.75. The number of nitrogens with one attached hydrogen (secondary N) is 1. The molecule has 1 aromatic carbocycles. The molecule has 2 unspecified atom stereocenters. The summed E-state index contributed by atoms with van der Waals surface area (Å²) in [6.45, 7) is 2.62. The Labute approximate surface area is 120 Å². The molecule has 112 valence electrons. The van der Waals surface area contributed by atoms with E-state index in [2.05, 4.69) is 5.32 Å². The molecule has 1 aliphatic rings. The van der Waals surface area contributed by atoms with Crippen LogP contribution in [0.15, 0.2) is 18.2 Å². The van der Waals surface area contributed by atoms with E-state index < -0.39 is 9.84 Å². The molecule has 2 atom stereocenters. The normalized spacial score (nSPS) is 23.1. The Morgan fingerprint density at radius 1 is 1.35 bits per heavy atom. The Morgan fingerprint density at radius 3 is 2.75 bits per heavy atom. The molecule has 1 aliphatic carbocycles. The Kier molecular flexibility index (Phi) is 4.81. The van der Waals surface area contributed by atoms with Gasteiger partial charge in [0.05, 0.1) is 5.25 Å². The maximum atomic E-state index is 13.0. The molecule has 5 heteroatoms. The van der Waals surface area contributed by atoms with Crippen LogP contribution in [-0.2, 0) is 16.3 Å². The molecule has 20 heavy (non-hydrogen) atoms. The lowest BCUT2D eigenvalue weighted by molar-refractivity contribution is 0.510. The minimum atomic E-state index is -2.97. The van der Waals surface area contributed by atoms with Crippen LogP contribution in [0.1, 0.15) is 30.4 Å². The second-order valence-corrected chi connectivity index (χ2v) is 7.94. The van der Waals surface area contributed by atoms with Crippen molar-refractivity contribution in [2.75, 3.05) is 12.8 Å². The maximum absolute atomic E-state index is 13.0. The minimum absolute atomic E-state index is 0.0609. The Hall–Kier alpha value is -0.940. The quantitative estimate of drug-likeness (QED) is 0.907.